The number of likely N-dealkylation sites (N-methyl/N-ethyl adjacent to an activating group) is 1. The van der Waals surface area contributed by atoms with E-state index in [-0.39, 0.29) is 33.8 Å². The number of hydrogen-bond acceptors (Lipinski definition) is 5. The van der Waals surface area contributed by atoms with Gasteiger partial charge in [0.15, 0.2) is 0 Å². The van der Waals surface area contributed by atoms with E-state index in [2.05, 4.69) is 5.32 Å². The van der Waals surface area contributed by atoms with E-state index in [9.17, 15) is 18.0 Å². The van der Waals surface area contributed by atoms with Gasteiger partial charge >= 0.3 is 0 Å². The van der Waals surface area contributed by atoms with Gasteiger partial charge in [-0.15, -0.1) is 0 Å². The minimum atomic E-state index is -4.20. The van der Waals surface area contributed by atoms with Crippen molar-refractivity contribution in [1.82, 2.24) is 10.2 Å². The van der Waals surface area contributed by atoms with E-state index in [4.69, 9.17) is 16.3 Å². The van der Waals surface area contributed by atoms with E-state index in [1.54, 1.807) is 31.2 Å². The molecule has 3 aromatic carbocycles. The van der Waals surface area contributed by atoms with Crippen LogP contribution in [0.5, 0.6) is 5.75 Å². The number of nitrogens with one attached hydrogen (secondary N) is 1. The summed E-state index contributed by atoms with van der Waals surface area (Å²) in [4.78, 5) is 27.6. The average Bonchev–Trinajstić information content (AvgIpc) is 2.92. The third-order valence-electron chi connectivity index (χ3n) is 5.92. The van der Waals surface area contributed by atoms with Crippen LogP contribution >= 0.6 is 11.6 Å². The summed E-state index contributed by atoms with van der Waals surface area (Å²) in [6, 6.07) is 21.0. The molecule has 0 aromatic heterocycles. The summed E-state index contributed by atoms with van der Waals surface area (Å²) in [7, 11) is -1.31. The number of rotatable bonds is 11. The zero-order valence-corrected chi connectivity index (χ0v) is 22.5. The molecule has 10 heteroatoms. The van der Waals surface area contributed by atoms with Crippen LogP contribution in [0.2, 0.25) is 5.02 Å². The number of anilines is 1. The lowest BCUT2D eigenvalue weighted by Crippen LogP contribution is -2.51. The molecule has 0 spiro atoms. The molecule has 196 valence electrons. The van der Waals surface area contributed by atoms with E-state index in [1.165, 1.54) is 43.3 Å². The highest BCUT2D eigenvalue weighted by atomic mass is 35.5. The molecule has 0 aliphatic heterocycles. The Kier molecular flexibility index (Phi) is 9.54. The zero-order chi connectivity index (χ0) is 27.0. The van der Waals surface area contributed by atoms with Gasteiger partial charge in [-0.05, 0) is 49.2 Å². The molecule has 1 N–H and O–H groups in total. The normalized spacial score (nSPS) is 11.9. The van der Waals surface area contributed by atoms with Crippen molar-refractivity contribution < 1.29 is 22.7 Å². The van der Waals surface area contributed by atoms with Crippen LogP contribution in [-0.2, 0) is 26.0 Å². The topological polar surface area (TPSA) is 96.0 Å². The van der Waals surface area contributed by atoms with E-state index in [1.807, 2.05) is 30.3 Å². The van der Waals surface area contributed by atoms with Crippen LogP contribution in [0.4, 0.5) is 5.69 Å². The van der Waals surface area contributed by atoms with Crippen LogP contribution in [0.25, 0.3) is 0 Å². The van der Waals surface area contributed by atoms with Crippen molar-refractivity contribution in [2.45, 2.75) is 24.3 Å². The van der Waals surface area contributed by atoms with Gasteiger partial charge in [0.1, 0.15) is 18.3 Å². The van der Waals surface area contributed by atoms with Gasteiger partial charge in [-0.25, -0.2) is 8.42 Å². The minimum Gasteiger partial charge on any atom is -0.495 e. The second-order valence-corrected chi connectivity index (χ2v) is 10.6. The second-order valence-electron chi connectivity index (χ2n) is 8.25. The molecule has 3 aromatic rings. The Bertz CT molecular complexity index is 1320. The van der Waals surface area contributed by atoms with Crippen molar-refractivity contribution >= 4 is 39.1 Å². The summed E-state index contributed by atoms with van der Waals surface area (Å²) in [6.07, 6.45) is 0.486. The monoisotopic (exact) mass is 543 g/mol. The lowest BCUT2D eigenvalue weighted by Gasteiger charge is -2.32. The van der Waals surface area contributed by atoms with Crippen molar-refractivity contribution in [2.24, 2.45) is 0 Å². The first-order valence-electron chi connectivity index (χ1n) is 11.7. The number of halogens is 1. The molecule has 0 saturated heterocycles. The Labute approximate surface area is 222 Å². The van der Waals surface area contributed by atoms with Gasteiger partial charge in [-0.3, -0.25) is 13.9 Å². The molecule has 37 heavy (non-hydrogen) atoms. The zero-order valence-electron chi connectivity index (χ0n) is 20.9. The first kappa shape index (κ1) is 28.0. The lowest BCUT2D eigenvalue weighted by atomic mass is 10.1. The molecule has 0 radical (unpaired) electrons. The largest absolute Gasteiger partial charge is 0.495 e. The number of hydrogen-bond donors (Lipinski definition) is 1. The third-order valence-corrected chi connectivity index (χ3v) is 7.93. The van der Waals surface area contributed by atoms with Gasteiger partial charge in [0.25, 0.3) is 10.0 Å². The molecule has 1 atom stereocenters. The van der Waals surface area contributed by atoms with Crippen LogP contribution in [-0.4, -0.2) is 58.4 Å². The highest BCUT2D eigenvalue weighted by Gasteiger charge is 2.33. The van der Waals surface area contributed by atoms with Crippen LogP contribution in [0.3, 0.4) is 0 Å². The number of methoxy groups -OCH3 is 1. The summed E-state index contributed by atoms with van der Waals surface area (Å²) >= 11 is 6.22. The maximum Gasteiger partial charge on any atom is 0.264 e. The van der Waals surface area contributed by atoms with Gasteiger partial charge in [0.2, 0.25) is 11.8 Å². The summed E-state index contributed by atoms with van der Waals surface area (Å²) in [6.45, 7) is 1.26. The van der Waals surface area contributed by atoms with E-state index in [0.717, 1.165) is 9.87 Å². The van der Waals surface area contributed by atoms with Gasteiger partial charge < -0.3 is 15.0 Å². The van der Waals surface area contributed by atoms with Crippen LogP contribution in [0.15, 0.2) is 83.8 Å². The quantitative estimate of drug-likeness (QED) is 0.397. The number of ether oxygens (including phenoxy) is 1. The smallest absolute Gasteiger partial charge is 0.264 e. The molecule has 0 aliphatic rings. The number of amides is 2. The van der Waals surface area contributed by atoms with Crippen molar-refractivity contribution in [3.05, 3.63) is 89.4 Å². The van der Waals surface area contributed by atoms with Gasteiger partial charge in [-0.1, -0.05) is 60.1 Å². The minimum absolute atomic E-state index is 0.0000128. The average molecular weight is 544 g/mol. The Balaban J connectivity index is 2.03. The van der Waals surface area contributed by atoms with Crippen molar-refractivity contribution in [3.8, 4) is 5.75 Å². The number of carbonyl (C=O) groups excluding carboxylic acids is 2. The van der Waals surface area contributed by atoms with Crippen LogP contribution in [0.1, 0.15) is 12.5 Å². The van der Waals surface area contributed by atoms with Gasteiger partial charge in [0.05, 0.1) is 17.7 Å². The molecule has 0 saturated carbocycles. The molecule has 8 nitrogen and oxygen atoms in total. The van der Waals surface area contributed by atoms with E-state index < -0.39 is 28.5 Å². The fourth-order valence-electron chi connectivity index (χ4n) is 3.87. The maximum atomic E-state index is 13.8. The third kappa shape index (κ3) is 6.81. The molecule has 0 aliphatic carbocycles. The van der Waals surface area contributed by atoms with Crippen molar-refractivity contribution in [3.63, 3.8) is 0 Å². The number of benzene rings is 3. The Morgan fingerprint density at radius 3 is 2.22 bits per heavy atom. The summed E-state index contributed by atoms with van der Waals surface area (Å²) < 4.78 is 34.0. The molecular weight excluding hydrogens is 514 g/mol. The predicted octanol–water partition coefficient (Wildman–Crippen LogP) is 3.75. The summed E-state index contributed by atoms with van der Waals surface area (Å²) in [5.74, 6) is -0.681. The Hall–Kier alpha value is -3.56. The summed E-state index contributed by atoms with van der Waals surface area (Å²) in [5.41, 5.74) is 1.09. The number of carbonyl (C=O) groups is 2. The van der Waals surface area contributed by atoms with Gasteiger partial charge in [0, 0.05) is 18.6 Å². The SMILES string of the molecule is CNC(=O)[C@@H](C)N(CCc1ccccc1)C(=O)CN(c1cc(Cl)ccc1OC)S(=O)(=O)c1ccccc1. The molecule has 3 rings (SSSR count). The second kappa shape index (κ2) is 12.6. The standard InChI is InChI=1S/C27H30ClN3O5S/c1-20(27(33)29-2)30(17-16-21-10-6-4-7-11-21)26(32)19-31(24-18-22(28)14-15-25(24)36-3)37(34,35)23-12-8-5-9-13-23/h4-15,18,20H,16-17,19H2,1-3H3,(H,29,33)/t20-/m1/s1. The number of sulfonamides is 1. The van der Waals surface area contributed by atoms with Crippen LogP contribution < -0.4 is 14.4 Å². The molecule has 0 unspecified atom stereocenters. The lowest BCUT2D eigenvalue weighted by molar-refractivity contribution is -0.138. The highest BCUT2D eigenvalue weighted by Crippen LogP contribution is 2.35. The number of nitrogens with zero attached hydrogens (tertiary/aromatic N) is 2. The maximum absolute atomic E-state index is 13.8. The van der Waals surface area contributed by atoms with Gasteiger partial charge in [-0.2, -0.15) is 0 Å². The predicted molar refractivity (Wildman–Crippen MR) is 144 cm³/mol. The molecule has 2 amide bonds. The fraction of sp³-hybridized carbons (Fsp3) is 0.259. The molecule has 0 heterocycles. The summed E-state index contributed by atoms with van der Waals surface area (Å²) in [5, 5.41) is 2.84. The van der Waals surface area contributed by atoms with Crippen molar-refractivity contribution in [2.75, 3.05) is 31.6 Å². The Morgan fingerprint density at radius 1 is 1.00 bits per heavy atom. The van der Waals surface area contributed by atoms with Crippen LogP contribution in [0, 0.1) is 0 Å². The Morgan fingerprint density at radius 2 is 1.62 bits per heavy atom. The van der Waals surface area contributed by atoms with Crippen molar-refractivity contribution in [1.29, 1.82) is 0 Å². The first-order valence-corrected chi connectivity index (χ1v) is 13.5. The molecule has 0 bridgehead atoms. The fourth-order valence-corrected chi connectivity index (χ4v) is 5.47. The first-order chi connectivity index (χ1) is 17.7. The molecular formula is C27H30ClN3O5S. The van der Waals surface area contributed by atoms with E-state index >= 15 is 0 Å². The molecule has 0 fully saturated rings. The van der Waals surface area contributed by atoms with E-state index in [0.29, 0.717) is 6.42 Å². The highest BCUT2D eigenvalue weighted by molar-refractivity contribution is 7.92.